The molecule has 17 heavy (non-hydrogen) atoms. The molecule has 0 bridgehead atoms. The van der Waals surface area contributed by atoms with E-state index in [1.54, 1.807) is 7.11 Å². The maximum Gasteiger partial charge on any atom is 0.0956 e. The molecule has 2 unspecified atom stereocenters. The highest BCUT2D eigenvalue weighted by atomic mass is 16.5. The van der Waals surface area contributed by atoms with E-state index >= 15 is 0 Å². The van der Waals surface area contributed by atoms with Crippen LogP contribution in [-0.2, 0) is 9.47 Å². The second-order valence-corrected chi connectivity index (χ2v) is 5.14. The van der Waals surface area contributed by atoms with Crippen molar-refractivity contribution in [2.24, 2.45) is 0 Å². The molecular formula is C13H26N2O2. The Bertz CT molecular complexity index is 229. The van der Waals surface area contributed by atoms with Gasteiger partial charge < -0.3 is 9.47 Å². The first-order valence-corrected chi connectivity index (χ1v) is 6.91. The molecule has 2 aliphatic heterocycles. The summed E-state index contributed by atoms with van der Waals surface area (Å²) < 4.78 is 11.1. The Balaban J connectivity index is 2.03. The van der Waals surface area contributed by atoms with Gasteiger partial charge in [-0.3, -0.25) is 10.2 Å². The van der Waals surface area contributed by atoms with Gasteiger partial charge in [-0.2, -0.15) is 0 Å². The van der Waals surface area contributed by atoms with Crippen LogP contribution < -0.4 is 5.32 Å². The zero-order valence-electron chi connectivity index (χ0n) is 11.2. The predicted molar refractivity (Wildman–Crippen MR) is 68.1 cm³/mol. The second-order valence-electron chi connectivity index (χ2n) is 5.14. The molecule has 2 heterocycles. The summed E-state index contributed by atoms with van der Waals surface area (Å²) in [6.45, 7) is 6.81. The van der Waals surface area contributed by atoms with Crippen molar-refractivity contribution in [2.45, 2.75) is 44.3 Å². The summed E-state index contributed by atoms with van der Waals surface area (Å²) in [7, 11) is 1.80. The van der Waals surface area contributed by atoms with Gasteiger partial charge in [0.2, 0.25) is 0 Å². The van der Waals surface area contributed by atoms with Crippen LogP contribution in [0, 0.1) is 0 Å². The number of ether oxygens (including phenoxy) is 2. The zero-order valence-corrected chi connectivity index (χ0v) is 11.2. The van der Waals surface area contributed by atoms with Crippen LogP contribution in [0.3, 0.4) is 0 Å². The molecule has 0 aromatic heterocycles. The third-order valence-electron chi connectivity index (χ3n) is 4.05. The number of likely N-dealkylation sites (tertiary alicyclic amines) is 1. The minimum atomic E-state index is 0.0791. The van der Waals surface area contributed by atoms with Crippen molar-refractivity contribution in [3.63, 3.8) is 0 Å². The molecule has 0 aromatic carbocycles. The lowest BCUT2D eigenvalue weighted by molar-refractivity contribution is -0.0369. The quantitative estimate of drug-likeness (QED) is 0.759. The van der Waals surface area contributed by atoms with Crippen LogP contribution in [0.15, 0.2) is 0 Å². The average Bonchev–Trinajstić information content (AvgIpc) is 2.96. The van der Waals surface area contributed by atoms with Gasteiger partial charge in [-0.15, -0.1) is 0 Å². The van der Waals surface area contributed by atoms with E-state index in [1.165, 1.54) is 32.2 Å². The van der Waals surface area contributed by atoms with Gasteiger partial charge in [0, 0.05) is 26.3 Å². The summed E-state index contributed by atoms with van der Waals surface area (Å²) in [6.07, 6.45) is 4.99. The van der Waals surface area contributed by atoms with Gasteiger partial charge in [0.1, 0.15) is 0 Å². The first kappa shape index (κ1) is 13.3. The van der Waals surface area contributed by atoms with Gasteiger partial charge in [-0.05, 0) is 39.2 Å². The smallest absolute Gasteiger partial charge is 0.0956 e. The van der Waals surface area contributed by atoms with Crippen molar-refractivity contribution in [1.82, 2.24) is 10.2 Å². The largest absolute Gasteiger partial charge is 0.383 e. The number of hydrogen-bond acceptors (Lipinski definition) is 4. The molecule has 100 valence electrons. The van der Waals surface area contributed by atoms with Gasteiger partial charge >= 0.3 is 0 Å². The highest BCUT2D eigenvalue weighted by Gasteiger charge is 2.44. The molecule has 0 aliphatic carbocycles. The number of hydrogen-bond donors (Lipinski definition) is 1. The van der Waals surface area contributed by atoms with Crippen LogP contribution in [0.25, 0.3) is 0 Å². The van der Waals surface area contributed by atoms with Crippen LogP contribution in [0.5, 0.6) is 0 Å². The molecule has 4 nitrogen and oxygen atoms in total. The van der Waals surface area contributed by atoms with E-state index in [-0.39, 0.29) is 5.66 Å². The monoisotopic (exact) mass is 242 g/mol. The molecular weight excluding hydrogens is 216 g/mol. The average molecular weight is 242 g/mol. The van der Waals surface area contributed by atoms with Crippen molar-refractivity contribution < 1.29 is 9.47 Å². The third kappa shape index (κ3) is 2.81. The first-order chi connectivity index (χ1) is 8.32. The Hall–Kier alpha value is -0.160. The van der Waals surface area contributed by atoms with Gasteiger partial charge in [-0.1, -0.05) is 0 Å². The molecule has 4 heteroatoms. The molecule has 0 amide bonds. The third-order valence-corrected chi connectivity index (χ3v) is 4.05. The van der Waals surface area contributed by atoms with E-state index in [0.29, 0.717) is 6.04 Å². The highest BCUT2D eigenvalue weighted by molar-refractivity contribution is 4.98. The van der Waals surface area contributed by atoms with Crippen molar-refractivity contribution in [3.8, 4) is 0 Å². The Kier molecular flexibility index (Phi) is 4.79. The van der Waals surface area contributed by atoms with E-state index < -0.39 is 0 Å². The second kappa shape index (κ2) is 6.14. The van der Waals surface area contributed by atoms with Gasteiger partial charge in [-0.25, -0.2) is 0 Å². The molecule has 0 saturated carbocycles. The number of methoxy groups -OCH3 is 1. The Morgan fingerprint density at radius 2 is 2.29 bits per heavy atom. The van der Waals surface area contributed by atoms with Crippen molar-refractivity contribution >= 4 is 0 Å². The molecule has 2 saturated heterocycles. The summed E-state index contributed by atoms with van der Waals surface area (Å²) >= 11 is 0. The van der Waals surface area contributed by atoms with E-state index in [9.17, 15) is 0 Å². The normalized spacial score (nSPS) is 34.6. The molecule has 2 fully saturated rings. The van der Waals surface area contributed by atoms with Crippen LogP contribution in [-0.4, -0.2) is 56.6 Å². The summed E-state index contributed by atoms with van der Waals surface area (Å²) in [4.78, 5) is 2.60. The lowest BCUT2D eigenvalue weighted by Gasteiger charge is -2.42. The maximum atomic E-state index is 5.71. The molecule has 2 rings (SSSR count). The topological polar surface area (TPSA) is 33.7 Å². The zero-order chi connectivity index (χ0) is 12.1. The Morgan fingerprint density at radius 1 is 1.41 bits per heavy atom. The Labute approximate surface area is 105 Å². The molecule has 1 N–H and O–H groups in total. The lowest BCUT2D eigenvalue weighted by atomic mass is 10.1. The fourth-order valence-corrected chi connectivity index (χ4v) is 3.28. The molecule has 0 radical (unpaired) electrons. The molecule has 0 aromatic rings. The number of rotatable bonds is 6. The number of nitrogens with one attached hydrogen (secondary N) is 1. The fourth-order valence-electron chi connectivity index (χ4n) is 3.28. The van der Waals surface area contributed by atoms with Gasteiger partial charge in [0.15, 0.2) is 0 Å². The van der Waals surface area contributed by atoms with E-state index in [4.69, 9.17) is 9.47 Å². The van der Waals surface area contributed by atoms with E-state index in [1.807, 2.05) is 0 Å². The SMILES string of the molecule is CCOCC1(N2CCCC2COC)CCCN1. The molecule has 0 spiro atoms. The van der Waals surface area contributed by atoms with E-state index in [2.05, 4.69) is 17.1 Å². The Morgan fingerprint density at radius 3 is 2.94 bits per heavy atom. The molecule has 2 aliphatic rings. The summed E-state index contributed by atoms with van der Waals surface area (Å²) in [6, 6.07) is 0.561. The van der Waals surface area contributed by atoms with Crippen LogP contribution in [0.1, 0.15) is 32.6 Å². The summed E-state index contributed by atoms with van der Waals surface area (Å²) in [5.41, 5.74) is 0.0791. The highest BCUT2D eigenvalue weighted by Crippen LogP contribution is 2.32. The minimum Gasteiger partial charge on any atom is -0.383 e. The lowest BCUT2D eigenvalue weighted by Crippen LogP contribution is -2.60. The predicted octanol–water partition coefficient (Wildman–Crippen LogP) is 1.21. The minimum absolute atomic E-state index is 0.0791. The molecule has 2 atom stereocenters. The summed E-state index contributed by atoms with van der Waals surface area (Å²) in [5, 5.41) is 3.68. The van der Waals surface area contributed by atoms with Gasteiger partial charge in [0.25, 0.3) is 0 Å². The fraction of sp³-hybridized carbons (Fsp3) is 1.00. The van der Waals surface area contributed by atoms with E-state index in [0.717, 1.165) is 26.4 Å². The standard InChI is InChI=1S/C13H26N2O2/c1-3-17-11-13(7-5-8-14-13)15-9-4-6-12(15)10-16-2/h12,14H,3-11H2,1-2H3. The van der Waals surface area contributed by atoms with Crippen molar-refractivity contribution in [1.29, 1.82) is 0 Å². The summed E-state index contributed by atoms with van der Waals surface area (Å²) in [5.74, 6) is 0. The van der Waals surface area contributed by atoms with Crippen molar-refractivity contribution in [2.75, 3.05) is 40.0 Å². The maximum absolute atomic E-state index is 5.71. The van der Waals surface area contributed by atoms with Gasteiger partial charge in [0.05, 0.1) is 18.9 Å². The van der Waals surface area contributed by atoms with Crippen LogP contribution in [0.4, 0.5) is 0 Å². The van der Waals surface area contributed by atoms with Crippen molar-refractivity contribution in [3.05, 3.63) is 0 Å². The van der Waals surface area contributed by atoms with Crippen LogP contribution >= 0.6 is 0 Å². The van der Waals surface area contributed by atoms with Crippen LogP contribution in [0.2, 0.25) is 0 Å². The number of nitrogens with zero attached hydrogens (tertiary/aromatic N) is 1. The first-order valence-electron chi connectivity index (χ1n) is 6.91.